The third kappa shape index (κ3) is 7.07. The van der Waals surface area contributed by atoms with Gasteiger partial charge < -0.3 is 14.8 Å². The Morgan fingerprint density at radius 2 is 2.04 bits per heavy atom. The summed E-state index contributed by atoms with van der Waals surface area (Å²) in [5.74, 6) is -0.737. The number of hydrogen-bond acceptors (Lipinski definition) is 5. The number of methoxy groups -OCH3 is 2. The average molecular weight is 327 g/mol. The normalized spacial score (nSPS) is 10.5. The molecule has 0 fully saturated rings. The number of carbonyl (C=O) groups is 2. The predicted octanol–water partition coefficient (Wildman–Crippen LogP) is 0.738. The number of hydrogen-bond donors (Lipinski definition) is 2. The average Bonchev–Trinajstić information content (AvgIpc) is 2.47. The lowest BCUT2D eigenvalue weighted by Gasteiger charge is -2.16. The highest BCUT2D eigenvalue weighted by Crippen LogP contribution is 2.18. The maximum atomic E-state index is 13.6. The molecule has 0 atom stereocenters. The monoisotopic (exact) mass is 327 g/mol. The number of amides is 3. The second-order valence-corrected chi connectivity index (χ2v) is 4.94. The van der Waals surface area contributed by atoms with Crippen molar-refractivity contribution in [2.24, 2.45) is 0 Å². The number of carbonyl (C=O) groups excluding carboxylic acids is 2. The Labute approximate surface area is 134 Å². The molecular formula is C15H22FN3O4. The molecule has 0 bridgehead atoms. The van der Waals surface area contributed by atoms with Crippen LogP contribution in [-0.2, 0) is 16.1 Å². The minimum atomic E-state index is -0.573. The van der Waals surface area contributed by atoms with Gasteiger partial charge in [-0.15, -0.1) is 0 Å². The van der Waals surface area contributed by atoms with Gasteiger partial charge in [-0.2, -0.15) is 0 Å². The summed E-state index contributed by atoms with van der Waals surface area (Å²) in [6.07, 6.45) is 0. The predicted molar refractivity (Wildman–Crippen MR) is 82.7 cm³/mol. The van der Waals surface area contributed by atoms with E-state index in [-0.39, 0.29) is 12.3 Å². The van der Waals surface area contributed by atoms with Crippen molar-refractivity contribution in [2.75, 3.05) is 41.0 Å². The fourth-order valence-electron chi connectivity index (χ4n) is 1.90. The number of likely N-dealkylation sites (N-methyl/N-ethyl adjacent to an activating group) is 1. The van der Waals surface area contributed by atoms with Gasteiger partial charge in [0.2, 0.25) is 5.91 Å². The van der Waals surface area contributed by atoms with Crippen LogP contribution in [0.25, 0.3) is 0 Å². The second-order valence-electron chi connectivity index (χ2n) is 4.94. The number of ether oxygens (including phenoxy) is 2. The van der Waals surface area contributed by atoms with Crippen LogP contribution in [0.5, 0.6) is 5.75 Å². The van der Waals surface area contributed by atoms with E-state index in [1.807, 2.05) is 0 Å². The molecular weight excluding hydrogens is 305 g/mol. The molecule has 23 heavy (non-hydrogen) atoms. The van der Waals surface area contributed by atoms with Crippen LogP contribution in [0.15, 0.2) is 18.2 Å². The van der Waals surface area contributed by atoms with Crippen molar-refractivity contribution < 1.29 is 23.5 Å². The molecule has 0 aliphatic heterocycles. The molecule has 0 saturated heterocycles. The molecule has 3 amide bonds. The van der Waals surface area contributed by atoms with E-state index in [2.05, 4.69) is 10.6 Å². The zero-order chi connectivity index (χ0) is 17.2. The molecule has 0 aliphatic rings. The first-order valence-corrected chi connectivity index (χ1v) is 7.03. The lowest BCUT2D eigenvalue weighted by Crippen LogP contribution is -2.44. The van der Waals surface area contributed by atoms with Crippen molar-refractivity contribution in [3.8, 4) is 5.75 Å². The topological polar surface area (TPSA) is 79.9 Å². The summed E-state index contributed by atoms with van der Waals surface area (Å²) in [7, 11) is 4.61. The van der Waals surface area contributed by atoms with E-state index in [4.69, 9.17) is 9.47 Å². The molecule has 0 saturated carbocycles. The summed E-state index contributed by atoms with van der Waals surface area (Å²) in [5.41, 5.74) is 0.697. The number of nitrogens with one attached hydrogen (secondary N) is 2. The molecule has 0 radical (unpaired) electrons. The van der Waals surface area contributed by atoms with Gasteiger partial charge in [0, 0.05) is 20.2 Å². The Kier molecular flexibility index (Phi) is 8.00. The standard InChI is InChI=1S/C15H22FN3O4/c1-19(9-11-4-5-13(23-3)12(16)8-11)10-14(20)18-15(21)17-6-7-22-2/h4-5,8H,6-7,9-10H2,1-3H3,(H2,17,18,20,21). The van der Waals surface area contributed by atoms with Gasteiger partial charge >= 0.3 is 6.03 Å². The number of imide groups is 1. The summed E-state index contributed by atoms with van der Waals surface area (Å²) in [6, 6.07) is 4.02. The van der Waals surface area contributed by atoms with E-state index >= 15 is 0 Å². The Hall–Kier alpha value is -2.19. The van der Waals surface area contributed by atoms with Crippen LogP contribution in [0.2, 0.25) is 0 Å². The lowest BCUT2D eigenvalue weighted by atomic mass is 10.2. The van der Waals surface area contributed by atoms with Gasteiger partial charge in [0.1, 0.15) is 0 Å². The van der Waals surface area contributed by atoms with Crippen LogP contribution in [0.3, 0.4) is 0 Å². The van der Waals surface area contributed by atoms with E-state index in [9.17, 15) is 14.0 Å². The van der Waals surface area contributed by atoms with Crippen molar-refractivity contribution >= 4 is 11.9 Å². The third-order valence-electron chi connectivity index (χ3n) is 2.93. The molecule has 0 aromatic heterocycles. The summed E-state index contributed by atoms with van der Waals surface area (Å²) in [6.45, 7) is 1.05. The summed E-state index contributed by atoms with van der Waals surface area (Å²) in [5, 5.41) is 4.68. The highest BCUT2D eigenvalue weighted by molar-refractivity contribution is 5.95. The van der Waals surface area contributed by atoms with E-state index in [0.717, 1.165) is 0 Å². The molecule has 7 nitrogen and oxygen atoms in total. The van der Waals surface area contributed by atoms with Gasteiger partial charge in [-0.3, -0.25) is 15.0 Å². The van der Waals surface area contributed by atoms with Crippen LogP contribution in [-0.4, -0.2) is 57.8 Å². The van der Waals surface area contributed by atoms with E-state index < -0.39 is 17.8 Å². The van der Waals surface area contributed by atoms with Crippen molar-refractivity contribution in [1.29, 1.82) is 0 Å². The molecule has 1 rings (SSSR count). The number of nitrogens with zero attached hydrogens (tertiary/aromatic N) is 1. The first-order valence-electron chi connectivity index (χ1n) is 7.03. The first kappa shape index (κ1) is 18.9. The number of rotatable bonds is 8. The minimum Gasteiger partial charge on any atom is -0.494 e. The van der Waals surface area contributed by atoms with Crippen LogP contribution < -0.4 is 15.4 Å². The van der Waals surface area contributed by atoms with Crippen molar-refractivity contribution in [1.82, 2.24) is 15.5 Å². The molecule has 1 aromatic carbocycles. The molecule has 0 heterocycles. The highest BCUT2D eigenvalue weighted by atomic mass is 19.1. The van der Waals surface area contributed by atoms with Gasteiger partial charge in [0.05, 0.1) is 20.3 Å². The van der Waals surface area contributed by atoms with Crippen LogP contribution in [0.4, 0.5) is 9.18 Å². The largest absolute Gasteiger partial charge is 0.494 e. The molecule has 0 unspecified atom stereocenters. The molecule has 0 aliphatic carbocycles. The third-order valence-corrected chi connectivity index (χ3v) is 2.93. The van der Waals surface area contributed by atoms with Gasteiger partial charge in [0.15, 0.2) is 11.6 Å². The fourth-order valence-corrected chi connectivity index (χ4v) is 1.90. The molecule has 8 heteroatoms. The maximum Gasteiger partial charge on any atom is 0.321 e. The SMILES string of the molecule is COCCNC(=O)NC(=O)CN(C)Cc1ccc(OC)c(F)c1. The zero-order valence-corrected chi connectivity index (χ0v) is 13.5. The summed E-state index contributed by atoms with van der Waals surface area (Å²) >= 11 is 0. The molecule has 1 aromatic rings. The Bertz CT molecular complexity index is 539. The molecule has 128 valence electrons. The smallest absolute Gasteiger partial charge is 0.321 e. The Morgan fingerprint density at radius 1 is 1.30 bits per heavy atom. The van der Waals surface area contributed by atoms with Crippen molar-refractivity contribution in [2.45, 2.75) is 6.54 Å². The fraction of sp³-hybridized carbons (Fsp3) is 0.467. The Morgan fingerprint density at radius 3 is 2.65 bits per heavy atom. The van der Waals surface area contributed by atoms with Crippen LogP contribution >= 0.6 is 0 Å². The highest BCUT2D eigenvalue weighted by Gasteiger charge is 2.11. The number of halogens is 1. The molecule has 0 spiro atoms. The van der Waals surface area contributed by atoms with Crippen molar-refractivity contribution in [3.05, 3.63) is 29.6 Å². The maximum absolute atomic E-state index is 13.6. The van der Waals surface area contributed by atoms with E-state index in [1.54, 1.807) is 18.0 Å². The quantitative estimate of drug-likeness (QED) is 0.689. The number of benzene rings is 1. The molecule has 2 N–H and O–H groups in total. The Balaban J connectivity index is 2.40. The number of urea groups is 1. The van der Waals surface area contributed by atoms with E-state index in [0.29, 0.717) is 25.3 Å². The van der Waals surface area contributed by atoms with Crippen LogP contribution in [0.1, 0.15) is 5.56 Å². The van der Waals surface area contributed by atoms with Gasteiger partial charge in [-0.25, -0.2) is 9.18 Å². The van der Waals surface area contributed by atoms with Gasteiger partial charge in [0.25, 0.3) is 0 Å². The van der Waals surface area contributed by atoms with Crippen molar-refractivity contribution in [3.63, 3.8) is 0 Å². The summed E-state index contributed by atoms with van der Waals surface area (Å²) in [4.78, 5) is 24.8. The second kappa shape index (κ2) is 9.75. The first-order chi connectivity index (χ1) is 11.0. The zero-order valence-electron chi connectivity index (χ0n) is 13.5. The van der Waals surface area contributed by atoms with Crippen LogP contribution in [0, 0.1) is 5.82 Å². The minimum absolute atomic E-state index is 0.00530. The van der Waals surface area contributed by atoms with Gasteiger partial charge in [-0.1, -0.05) is 6.07 Å². The summed E-state index contributed by atoms with van der Waals surface area (Å²) < 4.78 is 23.2. The van der Waals surface area contributed by atoms with Gasteiger partial charge in [-0.05, 0) is 24.7 Å². The lowest BCUT2D eigenvalue weighted by molar-refractivity contribution is -0.120. The van der Waals surface area contributed by atoms with E-state index in [1.165, 1.54) is 26.4 Å².